The summed E-state index contributed by atoms with van der Waals surface area (Å²) in [5, 5.41) is 8.21. The van der Waals surface area contributed by atoms with Crippen LogP contribution in [0.4, 0.5) is 11.4 Å². The van der Waals surface area contributed by atoms with Crippen LogP contribution in [0.5, 0.6) is 0 Å². The van der Waals surface area contributed by atoms with Gasteiger partial charge in [-0.2, -0.15) is 0 Å². The van der Waals surface area contributed by atoms with Crippen LogP contribution in [0, 0.1) is 5.41 Å². The predicted molar refractivity (Wildman–Crippen MR) is 84.3 cm³/mol. The minimum absolute atomic E-state index is 0.187. The van der Waals surface area contributed by atoms with Gasteiger partial charge in [-0.15, -0.1) is 0 Å². The van der Waals surface area contributed by atoms with Gasteiger partial charge in [-0.3, -0.25) is 14.4 Å². The Hall–Kier alpha value is -2.37. The molecular formula is C16H21N3O3. The Balaban J connectivity index is 2.03. The maximum Gasteiger partial charge on any atom is 0.239 e. The van der Waals surface area contributed by atoms with Gasteiger partial charge in [0, 0.05) is 24.3 Å². The van der Waals surface area contributed by atoms with Gasteiger partial charge in [0.15, 0.2) is 0 Å². The van der Waals surface area contributed by atoms with Crippen LogP contribution in [-0.4, -0.2) is 23.8 Å². The number of benzene rings is 1. The number of amides is 3. The third kappa shape index (κ3) is 4.07. The molecule has 1 aromatic rings. The number of hydrogen-bond acceptors (Lipinski definition) is 3. The first-order chi connectivity index (χ1) is 10.3. The topological polar surface area (TPSA) is 87.3 Å². The first-order valence-corrected chi connectivity index (χ1v) is 7.29. The van der Waals surface area contributed by atoms with E-state index in [0.717, 1.165) is 12.8 Å². The molecular weight excluding hydrogens is 282 g/mol. The van der Waals surface area contributed by atoms with Crippen LogP contribution in [0.15, 0.2) is 24.3 Å². The van der Waals surface area contributed by atoms with Crippen molar-refractivity contribution in [2.45, 2.75) is 39.7 Å². The molecule has 0 aromatic heterocycles. The normalized spacial score (nSPS) is 14.1. The lowest BCUT2D eigenvalue weighted by Crippen LogP contribution is -2.45. The SMILES string of the molecule is CC(=O)Nc1cccc(NC(=O)C(C)(C)C(=O)NC2CC2)c1. The summed E-state index contributed by atoms with van der Waals surface area (Å²) in [7, 11) is 0. The van der Waals surface area contributed by atoms with Gasteiger partial charge in [0.1, 0.15) is 5.41 Å². The fraction of sp³-hybridized carbons (Fsp3) is 0.438. The maximum atomic E-state index is 12.4. The first kappa shape index (κ1) is 16.0. The standard InChI is InChI=1S/C16H21N3O3/c1-10(20)17-12-5-4-6-13(9-12)19-15(22)16(2,3)14(21)18-11-7-8-11/h4-6,9,11H,7-8H2,1-3H3,(H,17,20)(H,18,21)(H,19,22). The average molecular weight is 303 g/mol. The zero-order chi connectivity index (χ0) is 16.3. The van der Waals surface area contributed by atoms with E-state index >= 15 is 0 Å². The molecule has 1 aromatic carbocycles. The molecule has 1 aliphatic carbocycles. The molecule has 0 radical (unpaired) electrons. The van der Waals surface area contributed by atoms with E-state index in [1.54, 1.807) is 38.1 Å². The van der Waals surface area contributed by atoms with E-state index in [0.29, 0.717) is 11.4 Å². The molecule has 3 N–H and O–H groups in total. The summed E-state index contributed by atoms with van der Waals surface area (Å²) in [4.78, 5) is 35.5. The summed E-state index contributed by atoms with van der Waals surface area (Å²) in [5.74, 6) is -0.844. The largest absolute Gasteiger partial charge is 0.352 e. The highest BCUT2D eigenvalue weighted by Gasteiger charge is 2.38. The number of rotatable bonds is 5. The number of nitrogens with one attached hydrogen (secondary N) is 3. The van der Waals surface area contributed by atoms with Gasteiger partial charge in [-0.05, 0) is 44.9 Å². The molecule has 6 heteroatoms. The van der Waals surface area contributed by atoms with Crippen LogP contribution in [0.25, 0.3) is 0 Å². The maximum absolute atomic E-state index is 12.4. The summed E-state index contributed by atoms with van der Waals surface area (Å²) in [6, 6.07) is 7.01. The molecule has 0 spiro atoms. The minimum atomic E-state index is -1.16. The second kappa shape index (κ2) is 6.17. The highest BCUT2D eigenvalue weighted by atomic mass is 16.2. The van der Waals surface area contributed by atoms with Crippen molar-refractivity contribution in [3.05, 3.63) is 24.3 Å². The molecule has 118 valence electrons. The third-order valence-electron chi connectivity index (χ3n) is 3.49. The Labute approximate surface area is 129 Å². The highest BCUT2D eigenvalue weighted by molar-refractivity contribution is 6.10. The summed E-state index contributed by atoms with van der Waals surface area (Å²) in [5.41, 5.74) is -0.0406. The minimum Gasteiger partial charge on any atom is -0.352 e. The van der Waals surface area contributed by atoms with E-state index in [-0.39, 0.29) is 23.8 Å². The quantitative estimate of drug-likeness (QED) is 0.726. The first-order valence-electron chi connectivity index (χ1n) is 7.29. The molecule has 1 fully saturated rings. The molecule has 0 bridgehead atoms. The average Bonchev–Trinajstić information content (AvgIpc) is 3.22. The summed E-state index contributed by atoms with van der Waals surface area (Å²) < 4.78 is 0. The Morgan fingerprint density at radius 1 is 1.05 bits per heavy atom. The van der Waals surface area contributed by atoms with Gasteiger partial charge in [-0.25, -0.2) is 0 Å². The van der Waals surface area contributed by atoms with Crippen LogP contribution in [-0.2, 0) is 14.4 Å². The second-order valence-corrected chi connectivity index (χ2v) is 6.09. The zero-order valence-electron chi connectivity index (χ0n) is 13.0. The van der Waals surface area contributed by atoms with Crippen molar-refractivity contribution in [1.29, 1.82) is 0 Å². The van der Waals surface area contributed by atoms with Crippen molar-refractivity contribution in [3.63, 3.8) is 0 Å². The van der Waals surface area contributed by atoms with Crippen molar-refractivity contribution in [2.75, 3.05) is 10.6 Å². The lowest BCUT2D eigenvalue weighted by atomic mass is 9.91. The van der Waals surface area contributed by atoms with E-state index in [9.17, 15) is 14.4 Å². The number of anilines is 2. The van der Waals surface area contributed by atoms with Crippen LogP contribution >= 0.6 is 0 Å². The predicted octanol–water partition coefficient (Wildman–Crippen LogP) is 1.89. The fourth-order valence-corrected chi connectivity index (χ4v) is 1.86. The van der Waals surface area contributed by atoms with Gasteiger partial charge < -0.3 is 16.0 Å². The summed E-state index contributed by atoms with van der Waals surface area (Å²) in [6.07, 6.45) is 1.95. The van der Waals surface area contributed by atoms with Crippen LogP contribution in [0.1, 0.15) is 33.6 Å². The van der Waals surface area contributed by atoms with E-state index in [1.807, 2.05) is 0 Å². The fourth-order valence-electron chi connectivity index (χ4n) is 1.86. The van der Waals surface area contributed by atoms with Crippen molar-refractivity contribution in [1.82, 2.24) is 5.32 Å². The van der Waals surface area contributed by atoms with Gasteiger partial charge in [0.25, 0.3) is 0 Å². The molecule has 3 amide bonds. The molecule has 0 aliphatic heterocycles. The van der Waals surface area contributed by atoms with Crippen LogP contribution < -0.4 is 16.0 Å². The Morgan fingerprint density at radius 3 is 2.18 bits per heavy atom. The number of carbonyl (C=O) groups excluding carboxylic acids is 3. The molecule has 22 heavy (non-hydrogen) atoms. The van der Waals surface area contributed by atoms with Crippen molar-refractivity contribution < 1.29 is 14.4 Å². The molecule has 0 saturated heterocycles. The molecule has 0 heterocycles. The zero-order valence-corrected chi connectivity index (χ0v) is 13.0. The van der Waals surface area contributed by atoms with E-state index in [2.05, 4.69) is 16.0 Å². The Bertz CT molecular complexity index is 606. The smallest absolute Gasteiger partial charge is 0.239 e. The van der Waals surface area contributed by atoms with Gasteiger partial charge in [0.2, 0.25) is 17.7 Å². The Morgan fingerprint density at radius 2 is 1.64 bits per heavy atom. The second-order valence-electron chi connectivity index (χ2n) is 6.09. The molecule has 0 atom stereocenters. The highest BCUT2D eigenvalue weighted by Crippen LogP contribution is 2.24. The van der Waals surface area contributed by atoms with Gasteiger partial charge in [0.05, 0.1) is 0 Å². The van der Waals surface area contributed by atoms with Crippen molar-refractivity contribution in [3.8, 4) is 0 Å². The van der Waals surface area contributed by atoms with Crippen LogP contribution in [0.2, 0.25) is 0 Å². The van der Waals surface area contributed by atoms with Crippen molar-refractivity contribution in [2.24, 2.45) is 5.41 Å². The lowest BCUT2D eigenvalue weighted by Gasteiger charge is -2.22. The monoisotopic (exact) mass is 303 g/mol. The van der Waals surface area contributed by atoms with Crippen molar-refractivity contribution >= 4 is 29.1 Å². The summed E-state index contributed by atoms with van der Waals surface area (Å²) in [6.45, 7) is 4.60. The van der Waals surface area contributed by atoms with Gasteiger partial charge in [-0.1, -0.05) is 6.07 Å². The van der Waals surface area contributed by atoms with Gasteiger partial charge >= 0.3 is 0 Å². The molecule has 6 nitrogen and oxygen atoms in total. The summed E-state index contributed by atoms with van der Waals surface area (Å²) >= 11 is 0. The molecule has 1 saturated carbocycles. The lowest BCUT2D eigenvalue weighted by molar-refractivity contribution is -0.138. The van der Waals surface area contributed by atoms with E-state index < -0.39 is 5.41 Å². The molecule has 2 rings (SSSR count). The Kier molecular flexibility index (Phi) is 4.49. The molecule has 0 unspecified atom stereocenters. The third-order valence-corrected chi connectivity index (χ3v) is 3.49. The van der Waals surface area contributed by atoms with E-state index in [4.69, 9.17) is 0 Å². The number of carbonyl (C=O) groups is 3. The van der Waals surface area contributed by atoms with E-state index in [1.165, 1.54) is 6.92 Å². The van der Waals surface area contributed by atoms with Crippen LogP contribution in [0.3, 0.4) is 0 Å². The molecule has 1 aliphatic rings. The number of hydrogen-bond donors (Lipinski definition) is 3.